The Morgan fingerprint density at radius 3 is 2.83 bits per heavy atom. The fraction of sp³-hybridized carbons (Fsp3) is 1.00. The number of hydrogen-bond donors (Lipinski definition) is 3. The van der Waals surface area contributed by atoms with Gasteiger partial charge < -0.3 is 15.2 Å². The summed E-state index contributed by atoms with van der Waals surface area (Å²) in [6.45, 7) is 6.31. The number of aliphatic hydroxyl groups excluding tert-OH is 1. The van der Waals surface area contributed by atoms with Gasteiger partial charge >= 0.3 is 0 Å². The highest BCUT2D eigenvalue weighted by Gasteiger charge is 2.17. The summed E-state index contributed by atoms with van der Waals surface area (Å²) in [4.78, 5) is 0. The first-order valence-electron chi connectivity index (χ1n) is 4.46. The molecule has 0 spiro atoms. The molecule has 1 rings (SSSR count). The van der Waals surface area contributed by atoms with Gasteiger partial charge in [0.25, 0.3) is 0 Å². The molecule has 1 aliphatic heterocycles. The topological polar surface area (TPSA) is 53.5 Å². The third kappa shape index (κ3) is 3.06. The molecule has 0 radical (unpaired) electrons. The molecule has 1 heterocycles. The summed E-state index contributed by atoms with van der Waals surface area (Å²) >= 11 is 0. The van der Waals surface area contributed by atoms with Crippen LogP contribution >= 0.6 is 0 Å². The number of hydrogen-bond acceptors (Lipinski definition) is 4. The minimum absolute atomic E-state index is 0.0452. The van der Waals surface area contributed by atoms with E-state index in [1.807, 2.05) is 13.8 Å². The van der Waals surface area contributed by atoms with Gasteiger partial charge in [0, 0.05) is 13.1 Å². The van der Waals surface area contributed by atoms with Gasteiger partial charge in [0.05, 0.1) is 6.61 Å². The highest BCUT2D eigenvalue weighted by Crippen LogP contribution is 2.00. The first-order valence-corrected chi connectivity index (χ1v) is 4.46. The maximum Gasteiger partial charge on any atom is 0.122 e. The Balaban J connectivity index is 2.20. The second-order valence-electron chi connectivity index (χ2n) is 3.42. The lowest BCUT2D eigenvalue weighted by Crippen LogP contribution is -2.51. The number of rotatable bonds is 3. The van der Waals surface area contributed by atoms with Crippen LogP contribution in [0.4, 0.5) is 0 Å². The summed E-state index contributed by atoms with van der Waals surface area (Å²) in [5.41, 5.74) is 0. The van der Waals surface area contributed by atoms with Gasteiger partial charge in [-0.25, -0.2) is 0 Å². The molecule has 0 bridgehead atoms. The van der Waals surface area contributed by atoms with Crippen molar-refractivity contribution in [3.63, 3.8) is 0 Å². The molecule has 1 aliphatic rings. The summed E-state index contributed by atoms with van der Waals surface area (Å²) in [5.74, 6) is 0.218. The molecule has 0 aromatic carbocycles. The molecule has 0 aliphatic carbocycles. The lowest BCUT2D eigenvalue weighted by molar-refractivity contribution is -0.0423. The molecule has 4 nitrogen and oxygen atoms in total. The highest BCUT2D eigenvalue weighted by atomic mass is 16.5. The minimum atomic E-state index is -0.477. The molecule has 2 unspecified atom stereocenters. The monoisotopic (exact) mass is 174 g/mol. The van der Waals surface area contributed by atoms with E-state index in [4.69, 9.17) is 4.74 Å². The molecule has 2 atom stereocenters. The largest absolute Gasteiger partial charge is 0.378 e. The fourth-order valence-electron chi connectivity index (χ4n) is 1.06. The van der Waals surface area contributed by atoms with E-state index in [9.17, 15) is 5.11 Å². The van der Waals surface area contributed by atoms with Crippen LogP contribution in [0.2, 0.25) is 0 Å². The number of morpholine rings is 1. The van der Waals surface area contributed by atoms with E-state index in [0.717, 1.165) is 13.1 Å². The van der Waals surface area contributed by atoms with Gasteiger partial charge in [-0.3, -0.25) is 5.32 Å². The molecular weight excluding hydrogens is 156 g/mol. The van der Waals surface area contributed by atoms with Gasteiger partial charge in [0.1, 0.15) is 12.5 Å². The number of aliphatic hydroxyl groups is 1. The van der Waals surface area contributed by atoms with Crippen molar-refractivity contribution in [3.05, 3.63) is 0 Å². The maximum absolute atomic E-state index is 9.46. The molecule has 12 heavy (non-hydrogen) atoms. The average molecular weight is 174 g/mol. The van der Waals surface area contributed by atoms with Crippen molar-refractivity contribution >= 4 is 0 Å². The maximum atomic E-state index is 9.46. The molecule has 1 fully saturated rings. The zero-order valence-electron chi connectivity index (χ0n) is 7.71. The van der Waals surface area contributed by atoms with Crippen molar-refractivity contribution in [1.29, 1.82) is 0 Å². The SMILES string of the molecule is CC(C)C(O)NC1CNCCO1. The van der Waals surface area contributed by atoms with Crippen LogP contribution in [0.25, 0.3) is 0 Å². The Labute approximate surface area is 73.3 Å². The van der Waals surface area contributed by atoms with Crippen LogP contribution in [0.5, 0.6) is 0 Å². The predicted octanol–water partition coefficient (Wildman–Crippen LogP) is -0.504. The second-order valence-corrected chi connectivity index (χ2v) is 3.42. The van der Waals surface area contributed by atoms with E-state index in [0.29, 0.717) is 6.61 Å². The average Bonchev–Trinajstić information content (AvgIpc) is 2.06. The van der Waals surface area contributed by atoms with Crippen molar-refractivity contribution < 1.29 is 9.84 Å². The summed E-state index contributed by atoms with van der Waals surface area (Å²) in [5, 5.41) is 15.6. The van der Waals surface area contributed by atoms with Crippen molar-refractivity contribution in [2.75, 3.05) is 19.7 Å². The smallest absolute Gasteiger partial charge is 0.122 e. The van der Waals surface area contributed by atoms with Gasteiger partial charge in [0.2, 0.25) is 0 Å². The number of ether oxygens (including phenoxy) is 1. The van der Waals surface area contributed by atoms with Crippen LogP contribution in [0.3, 0.4) is 0 Å². The third-order valence-corrected chi connectivity index (χ3v) is 1.92. The Morgan fingerprint density at radius 2 is 2.33 bits per heavy atom. The van der Waals surface area contributed by atoms with Crippen LogP contribution < -0.4 is 10.6 Å². The Morgan fingerprint density at radius 1 is 1.58 bits per heavy atom. The van der Waals surface area contributed by atoms with Crippen molar-refractivity contribution in [3.8, 4) is 0 Å². The standard InChI is InChI=1S/C8H18N2O2/c1-6(2)8(11)10-7-5-9-3-4-12-7/h6-11H,3-5H2,1-2H3. The molecule has 72 valence electrons. The highest BCUT2D eigenvalue weighted by molar-refractivity contribution is 4.68. The van der Waals surface area contributed by atoms with E-state index in [-0.39, 0.29) is 12.1 Å². The van der Waals surface area contributed by atoms with Crippen molar-refractivity contribution in [2.24, 2.45) is 5.92 Å². The Bertz CT molecular complexity index is 124. The van der Waals surface area contributed by atoms with Gasteiger partial charge in [-0.15, -0.1) is 0 Å². The Kier molecular flexibility index (Phi) is 3.94. The molecule has 4 heteroatoms. The van der Waals surface area contributed by atoms with Gasteiger partial charge in [-0.05, 0) is 5.92 Å². The molecule has 0 amide bonds. The molecule has 0 aromatic heterocycles. The van der Waals surface area contributed by atoms with Crippen LogP contribution in [-0.2, 0) is 4.74 Å². The summed E-state index contributed by atoms with van der Waals surface area (Å²) in [7, 11) is 0. The summed E-state index contributed by atoms with van der Waals surface area (Å²) in [6.07, 6.45) is -0.522. The third-order valence-electron chi connectivity index (χ3n) is 1.92. The normalized spacial score (nSPS) is 27.5. The minimum Gasteiger partial charge on any atom is -0.378 e. The summed E-state index contributed by atoms with van der Waals surface area (Å²) in [6, 6.07) is 0. The van der Waals surface area contributed by atoms with Gasteiger partial charge in [-0.2, -0.15) is 0 Å². The lowest BCUT2D eigenvalue weighted by Gasteiger charge is -2.28. The molecule has 0 saturated carbocycles. The van der Waals surface area contributed by atoms with Crippen molar-refractivity contribution in [1.82, 2.24) is 10.6 Å². The zero-order valence-corrected chi connectivity index (χ0v) is 7.71. The van der Waals surface area contributed by atoms with E-state index >= 15 is 0 Å². The van der Waals surface area contributed by atoms with E-state index in [1.54, 1.807) is 0 Å². The van der Waals surface area contributed by atoms with E-state index in [1.165, 1.54) is 0 Å². The van der Waals surface area contributed by atoms with E-state index < -0.39 is 6.23 Å². The number of nitrogens with one attached hydrogen (secondary N) is 2. The second kappa shape index (κ2) is 4.77. The van der Waals surface area contributed by atoms with Crippen LogP contribution in [0.1, 0.15) is 13.8 Å². The lowest BCUT2D eigenvalue weighted by atomic mass is 10.2. The molecule has 3 N–H and O–H groups in total. The molecule has 0 aromatic rings. The zero-order chi connectivity index (χ0) is 8.97. The fourth-order valence-corrected chi connectivity index (χ4v) is 1.06. The van der Waals surface area contributed by atoms with Crippen LogP contribution in [-0.4, -0.2) is 37.3 Å². The first kappa shape index (κ1) is 9.92. The molecule has 1 saturated heterocycles. The summed E-state index contributed by atoms with van der Waals surface area (Å²) < 4.78 is 5.37. The Hall–Kier alpha value is -0.160. The molecular formula is C8H18N2O2. The first-order chi connectivity index (χ1) is 5.70. The van der Waals surface area contributed by atoms with Crippen LogP contribution in [0.15, 0.2) is 0 Å². The quantitative estimate of drug-likeness (QED) is 0.505. The van der Waals surface area contributed by atoms with E-state index in [2.05, 4.69) is 10.6 Å². The van der Waals surface area contributed by atoms with Gasteiger partial charge in [-0.1, -0.05) is 13.8 Å². The predicted molar refractivity (Wildman–Crippen MR) is 46.6 cm³/mol. The van der Waals surface area contributed by atoms with Crippen LogP contribution in [0, 0.1) is 5.92 Å². The van der Waals surface area contributed by atoms with Gasteiger partial charge in [0.15, 0.2) is 0 Å². The van der Waals surface area contributed by atoms with Crippen molar-refractivity contribution in [2.45, 2.75) is 26.3 Å².